The zero-order valence-electron chi connectivity index (χ0n) is 26.6. The third-order valence-corrected chi connectivity index (χ3v) is 8.61. The van der Waals surface area contributed by atoms with Crippen LogP contribution in [0.4, 0.5) is 0 Å². The van der Waals surface area contributed by atoms with Gasteiger partial charge in [0.1, 0.15) is 17.1 Å². The largest absolute Gasteiger partial charge is 0.507 e. The van der Waals surface area contributed by atoms with Crippen LogP contribution in [0.1, 0.15) is 147 Å². The third-order valence-electron chi connectivity index (χ3n) is 8.61. The Hall–Kier alpha value is -2.49. The molecule has 0 bridgehead atoms. The van der Waals surface area contributed by atoms with E-state index in [4.69, 9.17) is 4.74 Å². The Morgan fingerprint density at radius 3 is 1.33 bits per heavy atom. The average molecular weight is 539 g/mol. The maximum Gasteiger partial charge on any atom is 0.303 e. The van der Waals surface area contributed by atoms with Crippen molar-refractivity contribution >= 4 is 5.97 Å². The van der Waals surface area contributed by atoms with Crippen molar-refractivity contribution in [3.05, 3.63) is 57.6 Å². The van der Waals surface area contributed by atoms with Gasteiger partial charge in [0, 0.05) is 12.8 Å². The fraction of sp³-hybridized carbons (Fsp3) is 0.629. The summed E-state index contributed by atoms with van der Waals surface area (Å²) in [5.74, 6) is 1.51. The first-order valence-corrected chi connectivity index (χ1v) is 14.9. The summed E-state index contributed by atoms with van der Waals surface area (Å²) in [5.41, 5.74) is 5.52. The molecule has 3 atom stereocenters. The predicted molar refractivity (Wildman–Crippen MR) is 163 cm³/mol. The highest BCUT2D eigenvalue weighted by Crippen LogP contribution is 2.41. The van der Waals surface area contributed by atoms with Crippen molar-refractivity contribution in [2.24, 2.45) is 11.8 Å². The van der Waals surface area contributed by atoms with Gasteiger partial charge in [-0.15, -0.1) is 0 Å². The van der Waals surface area contributed by atoms with E-state index < -0.39 is 5.60 Å². The Morgan fingerprint density at radius 2 is 1.05 bits per heavy atom. The molecule has 218 valence electrons. The van der Waals surface area contributed by atoms with Crippen molar-refractivity contribution in [3.8, 4) is 11.5 Å². The molecule has 4 nitrogen and oxygen atoms in total. The second-order valence-corrected chi connectivity index (χ2v) is 13.1. The van der Waals surface area contributed by atoms with Crippen LogP contribution >= 0.6 is 0 Å². The number of ether oxygens (including phenoxy) is 1. The first-order valence-electron chi connectivity index (χ1n) is 14.9. The van der Waals surface area contributed by atoms with Gasteiger partial charge >= 0.3 is 5.97 Å². The molecular weight excluding hydrogens is 484 g/mol. The van der Waals surface area contributed by atoms with Gasteiger partial charge in [0.05, 0.1) is 0 Å². The van der Waals surface area contributed by atoms with Crippen LogP contribution in [-0.4, -0.2) is 21.8 Å². The van der Waals surface area contributed by atoms with E-state index in [2.05, 4.69) is 100 Å². The summed E-state index contributed by atoms with van der Waals surface area (Å²) in [6.07, 6.45) is 2.35. The first-order chi connectivity index (χ1) is 18.0. The number of carbonyl (C=O) groups excluding carboxylic acids is 1. The van der Waals surface area contributed by atoms with Gasteiger partial charge in [-0.25, -0.2) is 0 Å². The van der Waals surface area contributed by atoms with Gasteiger partial charge < -0.3 is 14.9 Å². The van der Waals surface area contributed by atoms with Gasteiger partial charge in [0.15, 0.2) is 0 Å². The standard InChI is InChI=1S/C35H54O4/c1-13-28(15-27-18-31(22(6)7)34(38)32(19-27)23(8)9)35(12,39-25(11)36)24(10)14-26-16-29(20(2)3)33(37)30(17-26)21(4)5/h16-24,28,37-38H,13-15H2,1-12H3. The molecule has 39 heavy (non-hydrogen) atoms. The molecule has 0 spiro atoms. The molecule has 2 N–H and O–H groups in total. The van der Waals surface area contributed by atoms with Crippen LogP contribution in [0.2, 0.25) is 0 Å². The highest BCUT2D eigenvalue weighted by Gasteiger charge is 2.42. The van der Waals surface area contributed by atoms with Crippen LogP contribution in [0.5, 0.6) is 11.5 Å². The van der Waals surface area contributed by atoms with Crippen molar-refractivity contribution < 1.29 is 19.7 Å². The predicted octanol–water partition coefficient (Wildman–Crippen LogP) is 9.36. The molecule has 2 rings (SSSR count). The lowest BCUT2D eigenvalue weighted by atomic mass is 9.72. The van der Waals surface area contributed by atoms with Gasteiger partial charge in [-0.1, -0.05) is 93.5 Å². The Labute approximate surface area is 238 Å². The van der Waals surface area contributed by atoms with Crippen LogP contribution in [0.3, 0.4) is 0 Å². The molecule has 0 heterocycles. The minimum absolute atomic E-state index is 0.0437. The SMILES string of the molecule is CCC(Cc1cc(C(C)C)c(O)c(C(C)C)c1)C(C)(OC(C)=O)C(C)Cc1cc(C(C)C)c(O)c(C(C)C)c1. The van der Waals surface area contributed by atoms with E-state index in [0.29, 0.717) is 11.5 Å². The van der Waals surface area contributed by atoms with E-state index in [1.54, 1.807) is 0 Å². The summed E-state index contributed by atoms with van der Waals surface area (Å²) in [5, 5.41) is 21.8. The summed E-state index contributed by atoms with van der Waals surface area (Å²) in [6.45, 7) is 24.8. The number of phenolic OH excluding ortho intramolecular Hbond substituents is 2. The van der Waals surface area contributed by atoms with Crippen molar-refractivity contribution in [2.45, 2.75) is 132 Å². The summed E-state index contributed by atoms with van der Waals surface area (Å²) in [6, 6.07) is 8.52. The lowest BCUT2D eigenvalue weighted by Gasteiger charge is -2.42. The summed E-state index contributed by atoms with van der Waals surface area (Å²) in [7, 11) is 0. The van der Waals surface area contributed by atoms with Crippen molar-refractivity contribution in [3.63, 3.8) is 0 Å². The number of carbonyl (C=O) groups is 1. The lowest BCUT2D eigenvalue weighted by molar-refractivity contribution is -0.169. The maximum atomic E-state index is 12.5. The average Bonchev–Trinajstić information content (AvgIpc) is 2.82. The Morgan fingerprint density at radius 1 is 0.718 bits per heavy atom. The molecule has 0 aliphatic carbocycles. The van der Waals surface area contributed by atoms with E-state index in [0.717, 1.165) is 47.1 Å². The van der Waals surface area contributed by atoms with E-state index >= 15 is 0 Å². The molecule has 0 saturated heterocycles. The number of esters is 1. The van der Waals surface area contributed by atoms with Crippen molar-refractivity contribution in [2.75, 3.05) is 0 Å². The van der Waals surface area contributed by atoms with Crippen LogP contribution in [0.25, 0.3) is 0 Å². The van der Waals surface area contributed by atoms with E-state index in [9.17, 15) is 15.0 Å². The zero-order chi connectivity index (χ0) is 29.8. The van der Waals surface area contributed by atoms with Gasteiger partial charge in [-0.3, -0.25) is 4.79 Å². The van der Waals surface area contributed by atoms with E-state index in [1.165, 1.54) is 12.5 Å². The van der Waals surface area contributed by atoms with Gasteiger partial charge in [-0.05, 0) is 89.2 Å². The fourth-order valence-electron chi connectivity index (χ4n) is 5.97. The Balaban J connectivity index is 2.55. The molecule has 2 aromatic carbocycles. The smallest absolute Gasteiger partial charge is 0.303 e. The number of hydrogen-bond donors (Lipinski definition) is 2. The third kappa shape index (κ3) is 7.58. The second kappa shape index (κ2) is 13.2. The maximum absolute atomic E-state index is 12.5. The number of phenols is 2. The fourth-order valence-corrected chi connectivity index (χ4v) is 5.97. The number of hydrogen-bond acceptors (Lipinski definition) is 4. The quantitative estimate of drug-likeness (QED) is 0.264. The molecule has 2 aromatic rings. The zero-order valence-corrected chi connectivity index (χ0v) is 26.6. The molecule has 0 amide bonds. The topological polar surface area (TPSA) is 66.8 Å². The van der Waals surface area contributed by atoms with Gasteiger partial charge in [-0.2, -0.15) is 0 Å². The molecule has 0 radical (unpaired) electrons. The molecule has 0 aliphatic rings. The van der Waals surface area contributed by atoms with Gasteiger partial charge in [0.25, 0.3) is 0 Å². The molecule has 3 unspecified atom stereocenters. The number of benzene rings is 2. The Bertz CT molecular complexity index is 1070. The van der Waals surface area contributed by atoms with Crippen LogP contribution < -0.4 is 0 Å². The van der Waals surface area contributed by atoms with Gasteiger partial charge in [0.2, 0.25) is 0 Å². The summed E-state index contributed by atoms with van der Waals surface area (Å²) in [4.78, 5) is 12.5. The van der Waals surface area contributed by atoms with Crippen LogP contribution in [0, 0.1) is 11.8 Å². The summed E-state index contributed by atoms with van der Waals surface area (Å²) < 4.78 is 6.22. The Kier molecular flexibility index (Phi) is 11.1. The second-order valence-electron chi connectivity index (χ2n) is 13.1. The molecular formula is C35H54O4. The van der Waals surface area contributed by atoms with E-state index in [1.807, 2.05) is 0 Å². The minimum Gasteiger partial charge on any atom is -0.507 e. The normalized spacial score (nSPS) is 15.2. The molecule has 0 aliphatic heterocycles. The number of aromatic hydroxyl groups is 2. The highest BCUT2D eigenvalue weighted by atomic mass is 16.6. The monoisotopic (exact) mass is 538 g/mol. The minimum atomic E-state index is -0.692. The number of rotatable bonds is 12. The van der Waals surface area contributed by atoms with Crippen LogP contribution in [0.15, 0.2) is 24.3 Å². The molecule has 0 saturated carbocycles. The molecule has 4 heteroatoms. The molecule has 0 fully saturated rings. The highest BCUT2D eigenvalue weighted by molar-refractivity contribution is 5.66. The lowest BCUT2D eigenvalue weighted by Crippen LogP contribution is -2.46. The first kappa shape index (κ1) is 32.7. The van der Waals surface area contributed by atoms with Crippen LogP contribution in [-0.2, 0) is 22.4 Å². The van der Waals surface area contributed by atoms with Crippen molar-refractivity contribution in [1.29, 1.82) is 0 Å². The molecule has 0 aromatic heterocycles. The van der Waals surface area contributed by atoms with Crippen molar-refractivity contribution in [1.82, 2.24) is 0 Å². The summed E-state index contributed by atoms with van der Waals surface area (Å²) >= 11 is 0. The van der Waals surface area contributed by atoms with E-state index in [-0.39, 0.29) is 41.5 Å².